The van der Waals surface area contributed by atoms with Gasteiger partial charge in [0.05, 0.1) is 12.2 Å². The predicted octanol–water partition coefficient (Wildman–Crippen LogP) is 5.40. The van der Waals surface area contributed by atoms with E-state index in [1.165, 1.54) is 0 Å². The van der Waals surface area contributed by atoms with Crippen molar-refractivity contribution in [3.05, 3.63) is 24.8 Å². The number of carboxylic acid groups (broad SMARTS) is 1. The molecule has 184 valence electrons. The van der Waals surface area contributed by atoms with Crippen molar-refractivity contribution in [2.24, 2.45) is 17.8 Å². The van der Waals surface area contributed by atoms with Crippen LogP contribution >= 0.6 is 0 Å². The van der Waals surface area contributed by atoms with Crippen LogP contribution in [-0.4, -0.2) is 57.2 Å². The third-order valence-corrected chi connectivity index (χ3v) is 9.05. The number of hydrogen-bond donors (Lipinski definition) is 1. The van der Waals surface area contributed by atoms with Gasteiger partial charge in [-0.1, -0.05) is 32.1 Å². The molecule has 6 nitrogen and oxygen atoms in total. The quantitative estimate of drug-likeness (QED) is 0.288. The summed E-state index contributed by atoms with van der Waals surface area (Å²) < 4.78 is 25.0. The van der Waals surface area contributed by atoms with Gasteiger partial charge in [0.15, 0.2) is 20.7 Å². The van der Waals surface area contributed by atoms with Crippen molar-refractivity contribution in [2.75, 3.05) is 13.2 Å². The van der Waals surface area contributed by atoms with Gasteiger partial charge in [-0.2, -0.15) is 0 Å². The first-order valence-corrected chi connectivity index (χ1v) is 15.3. The Labute approximate surface area is 195 Å². The maximum absolute atomic E-state index is 11.7. The molecule has 1 aliphatic carbocycles. The topological polar surface area (TPSA) is 74.2 Å². The molecule has 1 aliphatic heterocycles. The third-order valence-electron chi connectivity index (χ3n) is 6.31. The van der Waals surface area contributed by atoms with E-state index < -0.39 is 20.4 Å². The molecular weight excluding hydrogens is 424 g/mol. The van der Waals surface area contributed by atoms with Crippen LogP contribution in [0.4, 0.5) is 0 Å². The van der Waals surface area contributed by atoms with E-state index in [9.17, 15) is 9.90 Å². The number of carbonyl (C=O) groups is 1. The molecular formula is C25H44O6Si. The Morgan fingerprint density at radius 1 is 1.28 bits per heavy atom. The van der Waals surface area contributed by atoms with E-state index in [-0.39, 0.29) is 36.8 Å². The normalized spacial score (nSPS) is 30.1. The van der Waals surface area contributed by atoms with Gasteiger partial charge in [0.1, 0.15) is 0 Å². The summed E-state index contributed by atoms with van der Waals surface area (Å²) in [5.41, 5.74) is 0. The molecule has 0 aromatic carbocycles. The second-order valence-corrected chi connectivity index (χ2v) is 14.4. The van der Waals surface area contributed by atoms with E-state index in [0.717, 1.165) is 31.9 Å². The van der Waals surface area contributed by atoms with E-state index in [2.05, 4.69) is 39.6 Å². The van der Waals surface area contributed by atoms with Crippen molar-refractivity contribution in [2.45, 2.75) is 96.6 Å². The zero-order valence-electron chi connectivity index (χ0n) is 20.6. The van der Waals surface area contributed by atoms with Crippen LogP contribution in [0.1, 0.15) is 52.9 Å². The van der Waals surface area contributed by atoms with Crippen molar-refractivity contribution in [3.8, 4) is 0 Å². The van der Waals surface area contributed by atoms with Crippen molar-refractivity contribution in [1.29, 1.82) is 0 Å². The Kier molecular flexibility index (Phi) is 11.1. The number of ether oxygens (including phenoxy) is 3. The predicted molar refractivity (Wildman–Crippen MR) is 129 cm³/mol. The summed E-state index contributed by atoms with van der Waals surface area (Å²) in [7, 11) is -1.81. The molecule has 0 aromatic rings. The highest BCUT2D eigenvalue weighted by Gasteiger charge is 2.46. The summed E-state index contributed by atoms with van der Waals surface area (Å²) in [6, 6.07) is 1.10. The van der Waals surface area contributed by atoms with Gasteiger partial charge in [-0.3, -0.25) is 0 Å². The second kappa shape index (κ2) is 13.0. The zero-order chi connectivity index (χ0) is 23.7. The van der Waals surface area contributed by atoms with E-state index in [0.29, 0.717) is 18.9 Å². The molecule has 1 unspecified atom stereocenters. The van der Waals surface area contributed by atoms with Crippen molar-refractivity contribution >= 4 is 14.3 Å². The van der Waals surface area contributed by atoms with Crippen LogP contribution in [0.15, 0.2) is 24.8 Å². The average molecular weight is 469 g/mol. The van der Waals surface area contributed by atoms with Gasteiger partial charge >= 0.3 is 5.97 Å². The van der Waals surface area contributed by atoms with Crippen LogP contribution in [0.3, 0.4) is 0 Å². The van der Waals surface area contributed by atoms with Crippen LogP contribution in [-0.2, 0) is 23.4 Å². The Hall–Kier alpha value is -0.993. The van der Waals surface area contributed by atoms with Gasteiger partial charge in [-0.05, 0) is 51.2 Å². The summed E-state index contributed by atoms with van der Waals surface area (Å²) in [5.74, 6) is -0.231. The van der Waals surface area contributed by atoms with Gasteiger partial charge < -0.3 is 23.7 Å². The highest BCUT2D eigenvalue weighted by molar-refractivity contribution is 6.71. The van der Waals surface area contributed by atoms with Gasteiger partial charge in [0, 0.05) is 37.9 Å². The summed E-state index contributed by atoms with van der Waals surface area (Å²) in [6.07, 6.45) is 8.30. The highest BCUT2D eigenvalue weighted by Crippen LogP contribution is 2.40. The summed E-state index contributed by atoms with van der Waals surface area (Å²) >= 11 is 0. The molecule has 7 heteroatoms. The smallest absolute Gasteiger partial charge is 0.333 e. The number of allylic oxidation sites excluding steroid dienone is 1. The minimum absolute atomic E-state index is 0.0316. The summed E-state index contributed by atoms with van der Waals surface area (Å²) in [5, 5.41) is 9.61. The van der Waals surface area contributed by atoms with Crippen LogP contribution in [0.2, 0.25) is 19.1 Å². The van der Waals surface area contributed by atoms with Gasteiger partial charge in [-0.25, -0.2) is 4.79 Å². The lowest BCUT2D eigenvalue weighted by molar-refractivity contribution is -0.198. The minimum Gasteiger partial charge on any atom is -0.479 e. The van der Waals surface area contributed by atoms with Gasteiger partial charge in [-0.15, -0.1) is 6.58 Å². The molecule has 0 spiro atoms. The first-order chi connectivity index (χ1) is 15.2. The fourth-order valence-corrected chi connectivity index (χ4v) is 7.78. The van der Waals surface area contributed by atoms with E-state index in [1.807, 2.05) is 13.0 Å². The van der Waals surface area contributed by atoms with E-state index >= 15 is 0 Å². The molecule has 2 aliphatic rings. The second-order valence-electron chi connectivity index (χ2n) is 10.2. The molecule has 1 saturated heterocycles. The lowest BCUT2D eigenvalue weighted by atomic mass is 9.93. The fourth-order valence-electron chi connectivity index (χ4n) is 5.05. The molecule has 6 atom stereocenters. The average Bonchev–Trinajstić information content (AvgIpc) is 3.02. The van der Waals surface area contributed by atoms with Gasteiger partial charge in [0.25, 0.3) is 0 Å². The number of hydrogen-bond acceptors (Lipinski definition) is 5. The molecule has 1 heterocycles. The monoisotopic (exact) mass is 468 g/mol. The first kappa shape index (κ1) is 27.3. The molecule has 0 bridgehead atoms. The molecule has 0 amide bonds. The standard InChI is InChI=1S/C25H44O6Si/c1-7-11-19-20(16-29-32(5,6)17-18(3)4)23(31-24-13-9-10-14-28-24)15-22(19)30-21(12-8-2)25(26)27/h7-8,11,18-24H,2,9-10,12-17H2,1,3-6H3,(H,26,27)/t19-,20-,21-,22+,23-,24?/m1/s1. The summed E-state index contributed by atoms with van der Waals surface area (Å²) in [6.45, 7) is 16.0. The van der Waals surface area contributed by atoms with Crippen LogP contribution < -0.4 is 0 Å². The number of rotatable bonds is 13. The number of carboxylic acids is 1. The maximum atomic E-state index is 11.7. The van der Waals surface area contributed by atoms with Crippen LogP contribution in [0.5, 0.6) is 0 Å². The van der Waals surface area contributed by atoms with Gasteiger partial charge in [0.2, 0.25) is 0 Å². The SMILES string of the molecule is C=CC[C@@H](O[C@H]1C[C@@H](OC2CCCCO2)[C@H](CO[Si](C)(C)CC(C)C)[C@H]1C=CC)C(=O)O. The molecule has 0 radical (unpaired) electrons. The minimum atomic E-state index is -1.81. The molecule has 2 fully saturated rings. The first-order valence-electron chi connectivity index (χ1n) is 12.2. The lowest BCUT2D eigenvalue weighted by Crippen LogP contribution is -2.39. The molecule has 0 aromatic heterocycles. The largest absolute Gasteiger partial charge is 0.479 e. The molecule has 2 rings (SSSR count). The van der Waals surface area contributed by atoms with Crippen LogP contribution in [0.25, 0.3) is 0 Å². The van der Waals surface area contributed by atoms with Crippen LogP contribution in [0, 0.1) is 17.8 Å². The fraction of sp³-hybridized carbons (Fsp3) is 0.800. The van der Waals surface area contributed by atoms with Crippen molar-refractivity contribution in [3.63, 3.8) is 0 Å². The van der Waals surface area contributed by atoms with E-state index in [4.69, 9.17) is 18.6 Å². The van der Waals surface area contributed by atoms with Crippen molar-refractivity contribution in [1.82, 2.24) is 0 Å². The Balaban J connectivity index is 2.20. The maximum Gasteiger partial charge on any atom is 0.333 e. The third kappa shape index (κ3) is 8.41. The Bertz CT molecular complexity index is 614. The molecule has 1 saturated carbocycles. The number of aliphatic carboxylic acids is 1. The lowest BCUT2D eigenvalue weighted by Gasteiger charge is -2.32. The van der Waals surface area contributed by atoms with E-state index in [1.54, 1.807) is 6.08 Å². The Morgan fingerprint density at radius 2 is 2.03 bits per heavy atom. The Morgan fingerprint density at radius 3 is 2.59 bits per heavy atom. The molecule has 32 heavy (non-hydrogen) atoms. The highest BCUT2D eigenvalue weighted by atomic mass is 28.4. The summed E-state index contributed by atoms with van der Waals surface area (Å²) in [4.78, 5) is 11.7. The molecule has 1 N–H and O–H groups in total. The zero-order valence-corrected chi connectivity index (χ0v) is 21.6. The van der Waals surface area contributed by atoms with Crippen molar-refractivity contribution < 1.29 is 28.5 Å².